The standard InChI is InChI=1S/C10H17N3O2S/c1-10(2,15)6-13(3)9(14)7-5-16-8(4-11)12-7/h5,15H,4,6,11H2,1-3H3. The molecule has 0 aromatic carbocycles. The summed E-state index contributed by atoms with van der Waals surface area (Å²) in [5, 5.41) is 12.0. The van der Waals surface area contributed by atoms with Gasteiger partial charge in [-0.3, -0.25) is 4.79 Å². The Morgan fingerprint density at radius 1 is 1.69 bits per heavy atom. The van der Waals surface area contributed by atoms with Crippen molar-refractivity contribution < 1.29 is 9.90 Å². The molecule has 0 aliphatic heterocycles. The molecule has 0 spiro atoms. The summed E-state index contributed by atoms with van der Waals surface area (Å²) < 4.78 is 0. The molecule has 0 aliphatic carbocycles. The monoisotopic (exact) mass is 243 g/mol. The molecular formula is C10H17N3O2S. The summed E-state index contributed by atoms with van der Waals surface area (Å²) in [5.41, 5.74) is 4.90. The lowest BCUT2D eigenvalue weighted by molar-refractivity contribution is 0.0365. The molecule has 1 aromatic heterocycles. The number of hydrogen-bond acceptors (Lipinski definition) is 5. The van der Waals surface area contributed by atoms with Crippen molar-refractivity contribution in [2.45, 2.75) is 26.0 Å². The van der Waals surface area contributed by atoms with Gasteiger partial charge in [-0.15, -0.1) is 11.3 Å². The average molecular weight is 243 g/mol. The minimum Gasteiger partial charge on any atom is -0.389 e. The van der Waals surface area contributed by atoms with Gasteiger partial charge in [-0.2, -0.15) is 0 Å². The number of hydrogen-bond donors (Lipinski definition) is 2. The number of carbonyl (C=O) groups excluding carboxylic acids is 1. The SMILES string of the molecule is CN(CC(C)(C)O)C(=O)c1csc(CN)n1. The van der Waals surface area contributed by atoms with E-state index in [1.807, 2.05) is 0 Å². The van der Waals surface area contributed by atoms with Crippen LogP contribution >= 0.6 is 11.3 Å². The first-order chi connectivity index (χ1) is 7.33. The minimum absolute atomic E-state index is 0.196. The number of nitrogens with two attached hydrogens (primary N) is 1. The lowest BCUT2D eigenvalue weighted by Gasteiger charge is -2.24. The van der Waals surface area contributed by atoms with Crippen molar-refractivity contribution in [3.05, 3.63) is 16.1 Å². The summed E-state index contributed by atoms with van der Waals surface area (Å²) in [5.74, 6) is -0.196. The highest BCUT2D eigenvalue weighted by molar-refractivity contribution is 7.09. The number of amides is 1. The highest BCUT2D eigenvalue weighted by Gasteiger charge is 2.21. The van der Waals surface area contributed by atoms with Gasteiger partial charge in [0.1, 0.15) is 10.7 Å². The maximum Gasteiger partial charge on any atom is 0.273 e. The Hall–Kier alpha value is -0.980. The average Bonchev–Trinajstić information content (AvgIpc) is 2.61. The summed E-state index contributed by atoms with van der Waals surface area (Å²) in [7, 11) is 1.64. The molecule has 90 valence electrons. The van der Waals surface area contributed by atoms with Crippen LogP contribution in [-0.4, -0.2) is 40.1 Å². The highest BCUT2D eigenvalue weighted by atomic mass is 32.1. The fraction of sp³-hybridized carbons (Fsp3) is 0.600. The fourth-order valence-corrected chi connectivity index (χ4v) is 2.00. The first kappa shape index (κ1) is 13.1. The molecule has 0 aliphatic rings. The molecule has 0 atom stereocenters. The van der Waals surface area contributed by atoms with Crippen LogP contribution in [0.25, 0.3) is 0 Å². The van der Waals surface area contributed by atoms with Crippen LogP contribution in [0.4, 0.5) is 0 Å². The van der Waals surface area contributed by atoms with Crippen molar-refractivity contribution in [1.29, 1.82) is 0 Å². The van der Waals surface area contributed by atoms with Gasteiger partial charge in [-0.1, -0.05) is 0 Å². The number of aliphatic hydroxyl groups is 1. The zero-order chi connectivity index (χ0) is 12.3. The van der Waals surface area contributed by atoms with Crippen LogP contribution in [0.1, 0.15) is 29.3 Å². The second kappa shape index (κ2) is 4.90. The van der Waals surface area contributed by atoms with Crippen molar-refractivity contribution in [3.8, 4) is 0 Å². The third kappa shape index (κ3) is 3.55. The molecular weight excluding hydrogens is 226 g/mol. The van der Waals surface area contributed by atoms with Crippen LogP contribution < -0.4 is 5.73 Å². The third-order valence-corrected chi connectivity index (χ3v) is 2.79. The summed E-state index contributed by atoms with van der Waals surface area (Å²) in [6, 6.07) is 0. The maximum absolute atomic E-state index is 11.9. The highest BCUT2D eigenvalue weighted by Crippen LogP contribution is 2.12. The van der Waals surface area contributed by atoms with Crippen molar-refractivity contribution in [1.82, 2.24) is 9.88 Å². The van der Waals surface area contributed by atoms with Crippen LogP contribution in [0.2, 0.25) is 0 Å². The van der Waals surface area contributed by atoms with Gasteiger partial charge in [-0.25, -0.2) is 4.98 Å². The third-order valence-electron chi connectivity index (χ3n) is 1.92. The molecule has 16 heavy (non-hydrogen) atoms. The molecule has 0 saturated heterocycles. The molecule has 6 heteroatoms. The maximum atomic E-state index is 11.9. The molecule has 1 heterocycles. The Morgan fingerprint density at radius 2 is 2.31 bits per heavy atom. The van der Waals surface area contributed by atoms with E-state index < -0.39 is 5.60 Å². The van der Waals surface area contributed by atoms with E-state index >= 15 is 0 Å². The second-order valence-corrected chi connectivity index (χ2v) is 5.25. The minimum atomic E-state index is -0.906. The van der Waals surface area contributed by atoms with Gasteiger partial charge >= 0.3 is 0 Å². The van der Waals surface area contributed by atoms with E-state index in [1.165, 1.54) is 16.2 Å². The van der Waals surface area contributed by atoms with E-state index in [4.69, 9.17) is 5.73 Å². The van der Waals surface area contributed by atoms with E-state index in [0.717, 1.165) is 5.01 Å². The predicted octanol–water partition coefficient (Wildman–Crippen LogP) is 0.445. The van der Waals surface area contributed by atoms with E-state index in [-0.39, 0.29) is 12.5 Å². The number of aromatic nitrogens is 1. The molecule has 1 amide bonds. The van der Waals surface area contributed by atoms with Gasteiger partial charge in [0.2, 0.25) is 0 Å². The first-order valence-corrected chi connectivity index (χ1v) is 5.84. The molecule has 1 rings (SSSR count). The fourth-order valence-electron chi connectivity index (χ4n) is 1.35. The summed E-state index contributed by atoms with van der Waals surface area (Å²) in [4.78, 5) is 17.4. The lowest BCUT2D eigenvalue weighted by atomic mass is 10.1. The summed E-state index contributed by atoms with van der Waals surface area (Å²) in [6.07, 6.45) is 0. The van der Waals surface area contributed by atoms with Gasteiger partial charge < -0.3 is 15.7 Å². The largest absolute Gasteiger partial charge is 0.389 e. The molecule has 0 bridgehead atoms. The van der Waals surface area contributed by atoms with Crippen molar-refractivity contribution >= 4 is 17.2 Å². The Labute approximate surface area is 98.9 Å². The Morgan fingerprint density at radius 3 is 2.75 bits per heavy atom. The van der Waals surface area contributed by atoms with Crippen LogP contribution in [0, 0.1) is 0 Å². The lowest BCUT2D eigenvalue weighted by Crippen LogP contribution is -2.39. The van der Waals surface area contributed by atoms with Gasteiger partial charge in [-0.05, 0) is 13.8 Å². The van der Waals surface area contributed by atoms with E-state index in [1.54, 1.807) is 26.3 Å². The quantitative estimate of drug-likeness (QED) is 0.804. The number of nitrogens with zero attached hydrogens (tertiary/aromatic N) is 2. The van der Waals surface area contributed by atoms with Crippen molar-refractivity contribution in [2.75, 3.05) is 13.6 Å². The molecule has 3 N–H and O–H groups in total. The second-order valence-electron chi connectivity index (χ2n) is 4.30. The normalized spacial score (nSPS) is 11.6. The summed E-state index contributed by atoms with van der Waals surface area (Å²) in [6.45, 7) is 3.92. The first-order valence-electron chi connectivity index (χ1n) is 4.96. The van der Waals surface area contributed by atoms with Crippen molar-refractivity contribution in [2.24, 2.45) is 5.73 Å². The topological polar surface area (TPSA) is 79.5 Å². The summed E-state index contributed by atoms with van der Waals surface area (Å²) >= 11 is 1.37. The molecule has 1 aromatic rings. The van der Waals surface area contributed by atoms with Crippen LogP contribution in [0.5, 0.6) is 0 Å². The molecule has 0 saturated carbocycles. The molecule has 0 unspecified atom stereocenters. The van der Waals surface area contributed by atoms with Gasteiger partial charge in [0, 0.05) is 25.5 Å². The Balaban J connectivity index is 2.70. The zero-order valence-electron chi connectivity index (χ0n) is 9.73. The van der Waals surface area contributed by atoms with Gasteiger partial charge in [0.15, 0.2) is 0 Å². The van der Waals surface area contributed by atoms with E-state index in [0.29, 0.717) is 12.2 Å². The molecule has 0 radical (unpaired) electrons. The Bertz CT molecular complexity index is 370. The predicted molar refractivity (Wildman–Crippen MR) is 63.3 cm³/mol. The number of likely N-dealkylation sites (N-methyl/N-ethyl adjacent to an activating group) is 1. The molecule has 0 fully saturated rings. The van der Waals surface area contributed by atoms with E-state index in [2.05, 4.69) is 4.98 Å². The van der Waals surface area contributed by atoms with Gasteiger partial charge in [0.05, 0.1) is 5.60 Å². The Kier molecular flexibility index (Phi) is 4.01. The number of thiazole rings is 1. The number of rotatable bonds is 4. The van der Waals surface area contributed by atoms with Crippen LogP contribution in [0.15, 0.2) is 5.38 Å². The van der Waals surface area contributed by atoms with Crippen LogP contribution in [-0.2, 0) is 6.54 Å². The smallest absolute Gasteiger partial charge is 0.273 e. The van der Waals surface area contributed by atoms with E-state index in [9.17, 15) is 9.90 Å². The van der Waals surface area contributed by atoms with Crippen molar-refractivity contribution in [3.63, 3.8) is 0 Å². The van der Waals surface area contributed by atoms with Crippen LogP contribution in [0.3, 0.4) is 0 Å². The van der Waals surface area contributed by atoms with Gasteiger partial charge in [0.25, 0.3) is 5.91 Å². The zero-order valence-corrected chi connectivity index (χ0v) is 10.5. The number of carbonyl (C=O) groups is 1. The molecule has 5 nitrogen and oxygen atoms in total.